The van der Waals surface area contributed by atoms with Gasteiger partial charge < -0.3 is 10.3 Å². The Kier molecular flexibility index (Phi) is 4.50. The standard InChI is InChI=1S/C20H18N4OS/c1-13-24-19(11-26-13)15-4-2-14(3-5-15)8-9-21-20(25)16-6-7-17-18(10-16)23-12-22-17/h2-7,10-12H,8-9H2,1H3,(H,21,25)(H,22,23). The molecule has 5 nitrogen and oxygen atoms in total. The van der Waals surface area contributed by atoms with Gasteiger partial charge in [0.2, 0.25) is 0 Å². The van der Waals surface area contributed by atoms with Crippen LogP contribution in [0.15, 0.2) is 54.2 Å². The van der Waals surface area contributed by atoms with E-state index in [1.807, 2.05) is 19.1 Å². The lowest BCUT2D eigenvalue weighted by Crippen LogP contribution is -2.25. The number of hydrogen-bond acceptors (Lipinski definition) is 4. The van der Waals surface area contributed by atoms with E-state index >= 15 is 0 Å². The van der Waals surface area contributed by atoms with Crippen LogP contribution in [-0.4, -0.2) is 27.4 Å². The van der Waals surface area contributed by atoms with Crippen molar-refractivity contribution in [2.24, 2.45) is 0 Å². The highest BCUT2D eigenvalue weighted by Crippen LogP contribution is 2.21. The lowest BCUT2D eigenvalue weighted by atomic mass is 10.1. The second-order valence-corrected chi connectivity index (χ2v) is 7.15. The van der Waals surface area contributed by atoms with E-state index in [9.17, 15) is 4.79 Å². The van der Waals surface area contributed by atoms with Gasteiger partial charge in [0.15, 0.2) is 0 Å². The van der Waals surface area contributed by atoms with Gasteiger partial charge in [-0.15, -0.1) is 11.3 Å². The molecule has 0 unspecified atom stereocenters. The maximum Gasteiger partial charge on any atom is 0.251 e. The molecule has 2 aromatic carbocycles. The van der Waals surface area contributed by atoms with Crippen molar-refractivity contribution in [2.75, 3.05) is 6.54 Å². The lowest BCUT2D eigenvalue weighted by Gasteiger charge is -2.06. The number of nitrogens with zero attached hydrogens (tertiary/aromatic N) is 2. The fraction of sp³-hybridized carbons (Fsp3) is 0.150. The van der Waals surface area contributed by atoms with Gasteiger partial charge in [-0.1, -0.05) is 24.3 Å². The summed E-state index contributed by atoms with van der Waals surface area (Å²) in [6.45, 7) is 2.60. The summed E-state index contributed by atoms with van der Waals surface area (Å²) in [6.07, 6.45) is 2.41. The average Bonchev–Trinajstić information content (AvgIpc) is 3.30. The van der Waals surface area contributed by atoms with E-state index in [1.54, 1.807) is 23.7 Å². The Morgan fingerprint density at radius 2 is 2.04 bits per heavy atom. The molecule has 0 aliphatic carbocycles. The first-order valence-electron chi connectivity index (χ1n) is 8.42. The second-order valence-electron chi connectivity index (χ2n) is 6.09. The Hall–Kier alpha value is -2.99. The number of aromatic nitrogens is 3. The zero-order chi connectivity index (χ0) is 17.9. The highest BCUT2D eigenvalue weighted by molar-refractivity contribution is 7.09. The summed E-state index contributed by atoms with van der Waals surface area (Å²) in [5.41, 5.74) is 5.68. The Balaban J connectivity index is 1.34. The molecule has 0 atom stereocenters. The summed E-state index contributed by atoms with van der Waals surface area (Å²) in [5.74, 6) is -0.0731. The fourth-order valence-electron chi connectivity index (χ4n) is 2.84. The van der Waals surface area contributed by atoms with Crippen molar-refractivity contribution in [1.29, 1.82) is 0 Å². The zero-order valence-corrected chi connectivity index (χ0v) is 15.1. The fourth-order valence-corrected chi connectivity index (χ4v) is 3.46. The van der Waals surface area contributed by atoms with Crippen LogP contribution in [0.1, 0.15) is 20.9 Å². The molecular formula is C20H18N4OS. The van der Waals surface area contributed by atoms with Gasteiger partial charge in [0.05, 0.1) is 28.1 Å². The number of aryl methyl sites for hydroxylation is 1. The quantitative estimate of drug-likeness (QED) is 0.564. The molecule has 0 bridgehead atoms. The van der Waals surface area contributed by atoms with Crippen molar-refractivity contribution in [3.63, 3.8) is 0 Å². The number of imidazole rings is 1. The molecule has 1 amide bonds. The number of amides is 1. The number of aromatic amines is 1. The summed E-state index contributed by atoms with van der Waals surface area (Å²) in [4.78, 5) is 24.0. The number of thiazole rings is 1. The number of hydrogen-bond donors (Lipinski definition) is 2. The largest absolute Gasteiger partial charge is 0.352 e. The van der Waals surface area contributed by atoms with Crippen LogP contribution in [0.2, 0.25) is 0 Å². The van der Waals surface area contributed by atoms with Crippen LogP contribution >= 0.6 is 11.3 Å². The van der Waals surface area contributed by atoms with Crippen molar-refractivity contribution in [2.45, 2.75) is 13.3 Å². The van der Waals surface area contributed by atoms with Gasteiger partial charge in [0.1, 0.15) is 0 Å². The maximum absolute atomic E-state index is 12.3. The first kappa shape index (κ1) is 16.5. The van der Waals surface area contributed by atoms with Crippen molar-refractivity contribution in [3.8, 4) is 11.3 Å². The Morgan fingerprint density at radius 1 is 1.19 bits per heavy atom. The normalized spacial score (nSPS) is 11.0. The minimum absolute atomic E-state index is 0.0731. The third-order valence-electron chi connectivity index (χ3n) is 4.25. The van der Waals surface area contributed by atoms with Crippen LogP contribution in [0.3, 0.4) is 0 Å². The lowest BCUT2D eigenvalue weighted by molar-refractivity contribution is 0.0954. The zero-order valence-electron chi connectivity index (χ0n) is 14.3. The molecule has 6 heteroatoms. The molecular weight excluding hydrogens is 344 g/mol. The predicted octanol–water partition coefficient (Wildman–Crippen LogP) is 3.97. The van der Waals surface area contributed by atoms with Crippen molar-refractivity contribution >= 4 is 28.3 Å². The number of benzene rings is 2. The van der Waals surface area contributed by atoms with Crippen LogP contribution in [0, 0.1) is 6.92 Å². The predicted molar refractivity (Wildman–Crippen MR) is 104 cm³/mol. The molecule has 4 rings (SSSR count). The highest BCUT2D eigenvalue weighted by atomic mass is 32.1. The number of carbonyl (C=O) groups excluding carboxylic acids is 1. The van der Waals surface area contributed by atoms with Gasteiger partial charge in [-0.05, 0) is 37.1 Å². The molecule has 26 heavy (non-hydrogen) atoms. The van der Waals surface area contributed by atoms with Crippen molar-refractivity contribution in [3.05, 3.63) is 70.3 Å². The SMILES string of the molecule is Cc1nc(-c2ccc(CCNC(=O)c3ccc4nc[nH]c4c3)cc2)cs1. The molecule has 0 spiro atoms. The van der Waals surface area contributed by atoms with E-state index in [1.165, 1.54) is 5.56 Å². The molecule has 0 saturated carbocycles. The van der Waals surface area contributed by atoms with Crippen molar-refractivity contribution in [1.82, 2.24) is 20.3 Å². The molecule has 2 heterocycles. The summed E-state index contributed by atoms with van der Waals surface area (Å²) in [6, 6.07) is 13.8. The molecule has 0 radical (unpaired) electrons. The number of H-pyrrole nitrogens is 1. The molecule has 0 fully saturated rings. The maximum atomic E-state index is 12.3. The summed E-state index contributed by atoms with van der Waals surface area (Å²) in [7, 11) is 0. The summed E-state index contributed by atoms with van der Waals surface area (Å²) < 4.78 is 0. The number of rotatable bonds is 5. The molecule has 130 valence electrons. The molecule has 2 N–H and O–H groups in total. The van der Waals surface area contributed by atoms with Crippen LogP contribution < -0.4 is 5.32 Å². The van der Waals surface area contributed by atoms with Gasteiger partial charge in [0, 0.05) is 23.1 Å². The second kappa shape index (κ2) is 7.09. The number of carbonyl (C=O) groups is 1. The molecule has 4 aromatic rings. The Labute approximate surface area is 155 Å². The van der Waals surface area contributed by atoms with Crippen LogP contribution in [0.25, 0.3) is 22.3 Å². The third kappa shape index (κ3) is 3.50. The van der Waals surface area contributed by atoms with Gasteiger partial charge in [-0.2, -0.15) is 0 Å². The summed E-state index contributed by atoms with van der Waals surface area (Å²) >= 11 is 1.65. The minimum Gasteiger partial charge on any atom is -0.352 e. The van der Waals surface area contributed by atoms with E-state index in [4.69, 9.17) is 0 Å². The monoisotopic (exact) mass is 362 g/mol. The first-order chi connectivity index (χ1) is 12.7. The molecule has 0 saturated heterocycles. The Morgan fingerprint density at radius 3 is 2.81 bits per heavy atom. The molecule has 0 aliphatic heterocycles. The smallest absolute Gasteiger partial charge is 0.251 e. The van der Waals surface area contributed by atoms with Gasteiger partial charge in [-0.3, -0.25) is 4.79 Å². The van der Waals surface area contributed by atoms with E-state index in [2.05, 4.69) is 49.9 Å². The average molecular weight is 362 g/mol. The molecule has 0 aliphatic rings. The minimum atomic E-state index is -0.0731. The first-order valence-corrected chi connectivity index (χ1v) is 9.30. The van der Waals surface area contributed by atoms with Gasteiger partial charge in [0.25, 0.3) is 5.91 Å². The van der Waals surface area contributed by atoms with Crippen molar-refractivity contribution < 1.29 is 4.79 Å². The van der Waals surface area contributed by atoms with Gasteiger partial charge >= 0.3 is 0 Å². The van der Waals surface area contributed by atoms with E-state index in [0.29, 0.717) is 12.1 Å². The van der Waals surface area contributed by atoms with Crippen LogP contribution in [0.4, 0.5) is 0 Å². The van der Waals surface area contributed by atoms with Crippen LogP contribution in [-0.2, 0) is 6.42 Å². The van der Waals surface area contributed by atoms with E-state index < -0.39 is 0 Å². The number of nitrogens with one attached hydrogen (secondary N) is 2. The van der Waals surface area contributed by atoms with E-state index in [-0.39, 0.29) is 5.91 Å². The van der Waals surface area contributed by atoms with Crippen LogP contribution in [0.5, 0.6) is 0 Å². The molecule has 2 aromatic heterocycles. The number of fused-ring (bicyclic) bond motifs is 1. The summed E-state index contributed by atoms with van der Waals surface area (Å²) in [5, 5.41) is 6.11. The van der Waals surface area contributed by atoms with E-state index in [0.717, 1.165) is 33.7 Å². The Bertz CT molecular complexity index is 1050. The highest BCUT2D eigenvalue weighted by Gasteiger charge is 2.07. The third-order valence-corrected chi connectivity index (χ3v) is 5.02. The topological polar surface area (TPSA) is 70.7 Å². The van der Waals surface area contributed by atoms with Gasteiger partial charge in [-0.25, -0.2) is 9.97 Å².